The van der Waals surface area contributed by atoms with Crippen molar-refractivity contribution in [3.8, 4) is 0 Å². The number of hydrogen-bond acceptors (Lipinski definition) is 3. The van der Waals surface area contributed by atoms with Gasteiger partial charge in [0.15, 0.2) is 0 Å². The summed E-state index contributed by atoms with van der Waals surface area (Å²) in [6, 6.07) is 4.40. The van der Waals surface area contributed by atoms with Crippen LogP contribution in [0, 0.1) is 12.3 Å². The number of thiophene rings is 1. The molecule has 84 valence electrons. The molecule has 0 aliphatic heterocycles. The largest absolute Gasteiger partial charge is 0.330 e. The SMILES string of the molecule is Cc1ccc(CNCC2(CN)CCC2)s1. The summed E-state index contributed by atoms with van der Waals surface area (Å²) in [7, 11) is 0. The number of nitrogens with one attached hydrogen (secondary N) is 1. The Hall–Kier alpha value is -0.380. The first kappa shape index (κ1) is 11.1. The van der Waals surface area contributed by atoms with E-state index in [0.29, 0.717) is 5.41 Å². The topological polar surface area (TPSA) is 38.0 Å². The zero-order chi connectivity index (χ0) is 10.7. The standard InChI is InChI=1S/C12H20N2S/c1-10-3-4-11(15-10)7-14-9-12(8-13)5-2-6-12/h3-4,14H,2,5-9,13H2,1H3. The van der Waals surface area contributed by atoms with Crippen molar-refractivity contribution in [2.75, 3.05) is 13.1 Å². The van der Waals surface area contributed by atoms with Crippen LogP contribution in [0.5, 0.6) is 0 Å². The molecule has 1 saturated carbocycles. The van der Waals surface area contributed by atoms with Gasteiger partial charge in [0.05, 0.1) is 0 Å². The van der Waals surface area contributed by atoms with Gasteiger partial charge in [-0.25, -0.2) is 0 Å². The van der Waals surface area contributed by atoms with E-state index >= 15 is 0 Å². The van der Waals surface area contributed by atoms with Gasteiger partial charge in [0.1, 0.15) is 0 Å². The molecule has 1 heterocycles. The molecule has 3 heteroatoms. The number of nitrogens with two attached hydrogens (primary N) is 1. The second kappa shape index (κ2) is 4.64. The van der Waals surface area contributed by atoms with Crippen molar-refractivity contribution in [1.82, 2.24) is 5.32 Å². The van der Waals surface area contributed by atoms with Crippen LogP contribution in [0.3, 0.4) is 0 Å². The van der Waals surface area contributed by atoms with E-state index in [1.54, 1.807) is 0 Å². The monoisotopic (exact) mass is 224 g/mol. The molecule has 0 radical (unpaired) electrons. The fourth-order valence-corrected chi connectivity index (χ4v) is 3.02. The Bertz CT molecular complexity index is 310. The lowest BCUT2D eigenvalue weighted by Gasteiger charge is -2.41. The van der Waals surface area contributed by atoms with Crippen LogP contribution in [0.1, 0.15) is 29.0 Å². The maximum atomic E-state index is 5.81. The van der Waals surface area contributed by atoms with Crippen LogP contribution < -0.4 is 11.1 Å². The lowest BCUT2D eigenvalue weighted by Crippen LogP contribution is -2.45. The van der Waals surface area contributed by atoms with E-state index in [1.807, 2.05) is 11.3 Å². The third-order valence-electron chi connectivity index (χ3n) is 3.44. The summed E-state index contributed by atoms with van der Waals surface area (Å²) < 4.78 is 0. The van der Waals surface area contributed by atoms with Crippen molar-refractivity contribution >= 4 is 11.3 Å². The van der Waals surface area contributed by atoms with E-state index in [1.165, 1.54) is 29.0 Å². The van der Waals surface area contributed by atoms with Gasteiger partial charge in [-0.3, -0.25) is 0 Å². The highest BCUT2D eigenvalue weighted by atomic mass is 32.1. The Morgan fingerprint density at radius 2 is 2.27 bits per heavy atom. The second-order valence-electron chi connectivity index (χ2n) is 4.67. The molecular formula is C12H20N2S. The molecule has 15 heavy (non-hydrogen) atoms. The molecule has 1 aromatic rings. The summed E-state index contributed by atoms with van der Waals surface area (Å²) in [6.07, 6.45) is 3.97. The van der Waals surface area contributed by atoms with Crippen LogP contribution in [0.4, 0.5) is 0 Å². The molecule has 0 aromatic carbocycles. The molecular weight excluding hydrogens is 204 g/mol. The molecule has 3 N–H and O–H groups in total. The average Bonchev–Trinajstić information content (AvgIpc) is 2.56. The quantitative estimate of drug-likeness (QED) is 0.805. The fourth-order valence-electron chi connectivity index (χ4n) is 2.16. The first-order chi connectivity index (χ1) is 7.24. The smallest absolute Gasteiger partial charge is 0.0300 e. The molecule has 1 aliphatic carbocycles. The zero-order valence-electron chi connectivity index (χ0n) is 9.38. The van der Waals surface area contributed by atoms with E-state index in [2.05, 4.69) is 24.4 Å². The Morgan fingerprint density at radius 1 is 1.47 bits per heavy atom. The van der Waals surface area contributed by atoms with Crippen LogP contribution in [-0.4, -0.2) is 13.1 Å². The highest BCUT2D eigenvalue weighted by Gasteiger charge is 2.34. The van der Waals surface area contributed by atoms with Crippen molar-refractivity contribution < 1.29 is 0 Å². The molecule has 2 rings (SSSR count). The van der Waals surface area contributed by atoms with Crippen LogP contribution in [0.25, 0.3) is 0 Å². The van der Waals surface area contributed by atoms with Gasteiger partial charge in [-0.05, 0) is 43.9 Å². The normalized spacial score (nSPS) is 18.8. The van der Waals surface area contributed by atoms with Crippen molar-refractivity contribution in [3.63, 3.8) is 0 Å². The highest BCUT2D eigenvalue weighted by molar-refractivity contribution is 7.11. The maximum absolute atomic E-state index is 5.81. The summed E-state index contributed by atoms with van der Waals surface area (Å²) in [5.41, 5.74) is 6.24. The van der Waals surface area contributed by atoms with Crippen LogP contribution in [0.15, 0.2) is 12.1 Å². The average molecular weight is 224 g/mol. The summed E-state index contributed by atoms with van der Waals surface area (Å²) >= 11 is 1.88. The lowest BCUT2D eigenvalue weighted by atomic mass is 9.69. The molecule has 0 unspecified atom stereocenters. The zero-order valence-corrected chi connectivity index (χ0v) is 10.2. The van der Waals surface area contributed by atoms with Gasteiger partial charge < -0.3 is 11.1 Å². The van der Waals surface area contributed by atoms with Crippen molar-refractivity contribution in [3.05, 3.63) is 21.9 Å². The highest BCUT2D eigenvalue weighted by Crippen LogP contribution is 2.39. The Labute approximate surface area is 95.9 Å². The summed E-state index contributed by atoms with van der Waals surface area (Å²) in [5.74, 6) is 0. The van der Waals surface area contributed by atoms with Gasteiger partial charge >= 0.3 is 0 Å². The number of hydrogen-bond donors (Lipinski definition) is 2. The van der Waals surface area contributed by atoms with E-state index < -0.39 is 0 Å². The number of aryl methyl sites for hydroxylation is 1. The van der Waals surface area contributed by atoms with Gasteiger partial charge in [-0.2, -0.15) is 0 Å². The van der Waals surface area contributed by atoms with E-state index in [-0.39, 0.29) is 0 Å². The van der Waals surface area contributed by atoms with E-state index in [4.69, 9.17) is 5.73 Å². The van der Waals surface area contributed by atoms with Gasteiger partial charge in [0.2, 0.25) is 0 Å². The predicted molar refractivity (Wildman–Crippen MR) is 66.1 cm³/mol. The van der Waals surface area contributed by atoms with Crippen LogP contribution in [0.2, 0.25) is 0 Å². The van der Waals surface area contributed by atoms with Crippen molar-refractivity contribution in [2.24, 2.45) is 11.1 Å². The second-order valence-corrected chi connectivity index (χ2v) is 6.05. The molecule has 0 saturated heterocycles. The first-order valence-electron chi connectivity index (χ1n) is 5.70. The van der Waals surface area contributed by atoms with Gasteiger partial charge in [0, 0.05) is 22.8 Å². The molecule has 0 atom stereocenters. The minimum Gasteiger partial charge on any atom is -0.330 e. The molecule has 1 aliphatic rings. The predicted octanol–water partition coefficient (Wildman–Crippen LogP) is 2.28. The number of rotatable bonds is 5. The first-order valence-corrected chi connectivity index (χ1v) is 6.52. The fraction of sp³-hybridized carbons (Fsp3) is 0.667. The third-order valence-corrected chi connectivity index (χ3v) is 4.44. The molecule has 1 fully saturated rings. The summed E-state index contributed by atoms with van der Waals surface area (Å²) in [6.45, 7) is 5.08. The Kier molecular flexibility index (Phi) is 3.44. The molecule has 0 spiro atoms. The van der Waals surface area contributed by atoms with Crippen LogP contribution in [-0.2, 0) is 6.54 Å². The van der Waals surface area contributed by atoms with Gasteiger partial charge in [-0.15, -0.1) is 11.3 Å². The van der Waals surface area contributed by atoms with Crippen LogP contribution >= 0.6 is 11.3 Å². The van der Waals surface area contributed by atoms with E-state index in [9.17, 15) is 0 Å². The Morgan fingerprint density at radius 3 is 2.73 bits per heavy atom. The summed E-state index contributed by atoms with van der Waals surface area (Å²) in [5, 5.41) is 3.54. The maximum Gasteiger partial charge on any atom is 0.0300 e. The van der Waals surface area contributed by atoms with Crippen molar-refractivity contribution in [1.29, 1.82) is 0 Å². The van der Waals surface area contributed by atoms with Gasteiger partial charge in [0.25, 0.3) is 0 Å². The summed E-state index contributed by atoms with van der Waals surface area (Å²) in [4.78, 5) is 2.82. The van der Waals surface area contributed by atoms with E-state index in [0.717, 1.165) is 19.6 Å². The molecule has 0 bridgehead atoms. The minimum atomic E-state index is 0.423. The van der Waals surface area contributed by atoms with Crippen molar-refractivity contribution in [2.45, 2.75) is 32.7 Å². The molecule has 0 amide bonds. The molecule has 1 aromatic heterocycles. The third kappa shape index (κ3) is 2.60. The Balaban J connectivity index is 1.74. The minimum absolute atomic E-state index is 0.423. The molecule has 2 nitrogen and oxygen atoms in total. The lowest BCUT2D eigenvalue weighted by molar-refractivity contribution is 0.141. The van der Waals surface area contributed by atoms with Gasteiger partial charge in [-0.1, -0.05) is 6.42 Å².